The van der Waals surface area contributed by atoms with Gasteiger partial charge in [-0.05, 0) is 25.0 Å². The fourth-order valence-electron chi connectivity index (χ4n) is 1.63. The molecule has 0 aliphatic heterocycles. The zero-order valence-electron chi connectivity index (χ0n) is 12.0. The largest absolute Gasteiger partial charge is 0.397 e. The highest BCUT2D eigenvalue weighted by Gasteiger charge is 2.27. The Bertz CT molecular complexity index is 622. The topological polar surface area (TPSA) is 89.3 Å². The predicted molar refractivity (Wildman–Crippen MR) is 87.6 cm³/mol. The maximum atomic E-state index is 12.1. The molecule has 0 aliphatic rings. The van der Waals surface area contributed by atoms with Crippen molar-refractivity contribution in [3.8, 4) is 0 Å². The van der Waals surface area contributed by atoms with Crippen LogP contribution in [0.4, 0.5) is 11.4 Å². The molecule has 5 nitrogen and oxygen atoms in total. The number of carbonyl (C=O) groups is 1. The number of hydrogen-bond donors (Lipinski definition) is 2. The van der Waals surface area contributed by atoms with Crippen molar-refractivity contribution in [2.24, 2.45) is 5.92 Å². The first-order valence-corrected chi connectivity index (χ1v) is 8.77. The van der Waals surface area contributed by atoms with Gasteiger partial charge in [-0.1, -0.05) is 37.0 Å². The second-order valence-corrected chi connectivity index (χ2v) is 8.36. The third-order valence-electron chi connectivity index (χ3n) is 3.19. The average molecular weight is 353 g/mol. The molecule has 0 saturated heterocycles. The van der Waals surface area contributed by atoms with Crippen molar-refractivity contribution in [3.05, 3.63) is 22.2 Å². The van der Waals surface area contributed by atoms with E-state index in [1.807, 2.05) is 0 Å². The van der Waals surface area contributed by atoms with Crippen LogP contribution in [-0.4, -0.2) is 25.3 Å². The van der Waals surface area contributed by atoms with Gasteiger partial charge in [-0.25, -0.2) is 8.42 Å². The molecule has 8 heteroatoms. The summed E-state index contributed by atoms with van der Waals surface area (Å²) in [6.07, 6.45) is 0. The standard InChI is InChI=1S/C13H18Cl2N2O3S/c1-7(2)8(3)21(19,20)6-12(18)17-13-10(15)4-9(14)5-11(13)16/h4-5,7-8H,6,16H2,1-3H3,(H,17,18). The van der Waals surface area contributed by atoms with E-state index in [1.54, 1.807) is 20.8 Å². The van der Waals surface area contributed by atoms with Crippen molar-refractivity contribution in [1.29, 1.82) is 0 Å². The number of sulfone groups is 1. The SMILES string of the molecule is CC(C)C(C)S(=O)(=O)CC(=O)Nc1c(N)cc(Cl)cc1Cl. The van der Waals surface area contributed by atoms with Gasteiger partial charge in [-0.3, -0.25) is 4.79 Å². The zero-order chi connectivity index (χ0) is 16.4. The van der Waals surface area contributed by atoms with Gasteiger partial charge in [-0.2, -0.15) is 0 Å². The van der Waals surface area contributed by atoms with Crippen LogP contribution >= 0.6 is 23.2 Å². The van der Waals surface area contributed by atoms with E-state index in [-0.39, 0.29) is 22.3 Å². The molecule has 118 valence electrons. The van der Waals surface area contributed by atoms with Gasteiger partial charge in [-0.15, -0.1) is 0 Å². The zero-order valence-corrected chi connectivity index (χ0v) is 14.3. The van der Waals surface area contributed by atoms with Crippen molar-refractivity contribution in [2.75, 3.05) is 16.8 Å². The number of amides is 1. The summed E-state index contributed by atoms with van der Waals surface area (Å²) in [6.45, 7) is 5.15. The van der Waals surface area contributed by atoms with Gasteiger partial charge in [0.05, 0.1) is 21.6 Å². The van der Waals surface area contributed by atoms with E-state index in [9.17, 15) is 13.2 Å². The van der Waals surface area contributed by atoms with Crippen LogP contribution in [0.5, 0.6) is 0 Å². The van der Waals surface area contributed by atoms with E-state index < -0.39 is 26.7 Å². The van der Waals surface area contributed by atoms with Crippen molar-refractivity contribution in [1.82, 2.24) is 0 Å². The molecule has 0 heterocycles. The Morgan fingerprint density at radius 1 is 1.29 bits per heavy atom. The molecule has 0 aliphatic carbocycles. The minimum Gasteiger partial charge on any atom is -0.397 e. The van der Waals surface area contributed by atoms with Gasteiger partial charge in [0.1, 0.15) is 5.75 Å². The lowest BCUT2D eigenvalue weighted by molar-refractivity contribution is -0.113. The molecule has 1 unspecified atom stereocenters. The van der Waals surface area contributed by atoms with Crippen molar-refractivity contribution in [3.63, 3.8) is 0 Å². The lowest BCUT2D eigenvalue weighted by atomic mass is 10.2. The molecule has 0 radical (unpaired) electrons. The molecule has 0 bridgehead atoms. The number of halogens is 2. The Morgan fingerprint density at radius 3 is 2.33 bits per heavy atom. The number of nitrogen functional groups attached to an aromatic ring is 1. The summed E-state index contributed by atoms with van der Waals surface area (Å²) < 4.78 is 24.1. The fraction of sp³-hybridized carbons (Fsp3) is 0.462. The molecular weight excluding hydrogens is 335 g/mol. The first-order chi connectivity index (χ1) is 9.54. The van der Waals surface area contributed by atoms with Gasteiger partial charge >= 0.3 is 0 Å². The molecule has 0 saturated carbocycles. The van der Waals surface area contributed by atoms with E-state index in [2.05, 4.69) is 5.32 Å². The summed E-state index contributed by atoms with van der Waals surface area (Å²) in [5.41, 5.74) is 6.05. The third-order valence-corrected chi connectivity index (χ3v) is 6.05. The highest BCUT2D eigenvalue weighted by Crippen LogP contribution is 2.32. The van der Waals surface area contributed by atoms with Gasteiger partial charge < -0.3 is 11.1 Å². The number of anilines is 2. The van der Waals surface area contributed by atoms with Crippen molar-refractivity contribution < 1.29 is 13.2 Å². The second-order valence-electron chi connectivity index (χ2n) is 5.16. The number of benzene rings is 1. The molecule has 0 fully saturated rings. The van der Waals surface area contributed by atoms with Crippen LogP contribution in [0, 0.1) is 5.92 Å². The first-order valence-electron chi connectivity index (χ1n) is 6.30. The van der Waals surface area contributed by atoms with E-state index in [0.29, 0.717) is 5.02 Å². The van der Waals surface area contributed by atoms with Crippen LogP contribution in [0.2, 0.25) is 10.0 Å². The van der Waals surface area contributed by atoms with Crippen LogP contribution < -0.4 is 11.1 Å². The average Bonchev–Trinajstić information content (AvgIpc) is 2.32. The minimum atomic E-state index is -3.53. The normalized spacial score (nSPS) is 13.2. The molecule has 3 N–H and O–H groups in total. The third kappa shape index (κ3) is 4.76. The highest BCUT2D eigenvalue weighted by molar-refractivity contribution is 7.92. The summed E-state index contributed by atoms with van der Waals surface area (Å²) in [5.74, 6) is -1.38. The quantitative estimate of drug-likeness (QED) is 0.797. The molecule has 1 amide bonds. The lowest BCUT2D eigenvalue weighted by Gasteiger charge is -2.16. The van der Waals surface area contributed by atoms with E-state index >= 15 is 0 Å². The lowest BCUT2D eigenvalue weighted by Crippen LogP contribution is -2.32. The Kier molecular flexibility index (Phi) is 5.90. The minimum absolute atomic E-state index is 0.0769. The number of carbonyl (C=O) groups excluding carboxylic acids is 1. The molecule has 0 spiro atoms. The van der Waals surface area contributed by atoms with E-state index in [1.165, 1.54) is 12.1 Å². The summed E-state index contributed by atoms with van der Waals surface area (Å²) in [5, 5.41) is 2.30. The first kappa shape index (κ1) is 18.1. The number of nitrogens with two attached hydrogens (primary N) is 1. The summed E-state index contributed by atoms with van der Waals surface area (Å²) >= 11 is 11.7. The number of rotatable bonds is 5. The summed E-state index contributed by atoms with van der Waals surface area (Å²) in [7, 11) is -3.53. The van der Waals surface area contributed by atoms with Gasteiger partial charge in [0.15, 0.2) is 9.84 Å². The maximum Gasteiger partial charge on any atom is 0.239 e. The van der Waals surface area contributed by atoms with E-state index in [4.69, 9.17) is 28.9 Å². The Balaban J connectivity index is 2.89. The van der Waals surface area contributed by atoms with Crippen LogP contribution in [0.25, 0.3) is 0 Å². The molecule has 1 aromatic rings. The van der Waals surface area contributed by atoms with Gasteiger partial charge in [0.25, 0.3) is 0 Å². The smallest absolute Gasteiger partial charge is 0.239 e. The molecule has 1 rings (SSSR count). The summed E-state index contributed by atoms with van der Waals surface area (Å²) in [4.78, 5) is 11.9. The number of nitrogens with one attached hydrogen (secondary N) is 1. The monoisotopic (exact) mass is 352 g/mol. The Hall–Kier alpha value is -0.980. The molecule has 0 aromatic heterocycles. The number of hydrogen-bond acceptors (Lipinski definition) is 4. The van der Waals surface area contributed by atoms with Crippen molar-refractivity contribution in [2.45, 2.75) is 26.0 Å². The Morgan fingerprint density at radius 2 is 1.86 bits per heavy atom. The van der Waals surface area contributed by atoms with Crippen LogP contribution in [0.15, 0.2) is 12.1 Å². The molecule has 1 aromatic carbocycles. The molecular formula is C13H18Cl2N2O3S. The second kappa shape index (κ2) is 6.85. The Labute approximate surface area is 134 Å². The van der Waals surface area contributed by atoms with Crippen LogP contribution in [0.1, 0.15) is 20.8 Å². The highest BCUT2D eigenvalue weighted by atomic mass is 35.5. The van der Waals surface area contributed by atoms with Crippen LogP contribution in [0.3, 0.4) is 0 Å². The van der Waals surface area contributed by atoms with Crippen molar-refractivity contribution >= 4 is 50.3 Å². The van der Waals surface area contributed by atoms with E-state index in [0.717, 1.165) is 0 Å². The molecule has 21 heavy (non-hydrogen) atoms. The van der Waals surface area contributed by atoms with Crippen LogP contribution in [-0.2, 0) is 14.6 Å². The maximum absolute atomic E-state index is 12.1. The summed E-state index contributed by atoms with van der Waals surface area (Å²) in [6, 6.07) is 2.84. The van der Waals surface area contributed by atoms with Gasteiger partial charge in [0, 0.05) is 5.02 Å². The molecule has 1 atom stereocenters. The van der Waals surface area contributed by atoms with Gasteiger partial charge in [0.2, 0.25) is 5.91 Å². The predicted octanol–water partition coefficient (Wildman–Crippen LogP) is 2.97. The fourth-order valence-corrected chi connectivity index (χ4v) is 3.72.